The highest BCUT2D eigenvalue weighted by Gasteiger charge is 2.11. The molecule has 2 rings (SSSR count). The molecule has 0 saturated carbocycles. The second kappa shape index (κ2) is 7.11. The highest BCUT2D eigenvalue weighted by atomic mass is 79.9. The van der Waals surface area contributed by atoms with Crippen molar-refractivity contribution in [3.8, 4) is 17.6 Å². The molecule has 0 spiro atoms. The van der Waals surface area contributed by atoms with E-state index in [2.05, 4.69) is 22.0 Å². The number of rotatable bonds is 5. The molecule has 21 heavy (non-hydrogen) atoms. The van der Waals surface area contributed by atoms with Gasteiger partial charge < -0.3 is 14.6 Å². The molecule has 0 atom stereocenters. The van der Waals surface area contributed by atoms with Crippen LogP contribution in [0.2, 0.25) is 0 Å². The van der Waals surface area contributed by atoms with Gasteiger partial charge in [0, 0.05) is 0 Å². The standard InChI is InChI=1S/C16H14BrNO3/c1-20-15-7-13(9-19)6-14(17)16(15)21-10-12-4-2-3-11(5-12)8-18/h2-7,19H,9-10H2,1H3. The fraction of sp³-hybridized carbons (Fsp3) is 0.188. The Morgan fingerprint density at radius 2 is 2.05 bits per heavy atom. The molecule has 0 fully saturated rings. The summed E-state index contributed by atoms with van der Waals surface area (Å²) in [6.07, 6.45) is 0. The minimum atomic E-state index is -0.0700. The number of ether oxygens (including phenoxy) is 2. The molecule has 0 unspecified atom stereocenters. The average Bonchev–Trinajstić information content (AvgIpc) is 2.53. The summed E-state index contributed by atoms with van der Waals surface area (Å²) in [5.74, 6) is 1.11. The fourth-order valence-electron chi connectivity index (χ4n) is 1.89. The Hall–Kier alpha value is -2.03. The maximum atomic E-state index is 9.19. The van der Waals surface area contributed by atoms with Gasteiger partial charge in [-0.2, -0.15) is 5.26 Å². The lowest BCUT2D eigenvalue weighted by Crippen LogP contribution is -2.00. The van der Waals surface area contributed by atoms with Crippen molar-refractivity contribution in [1.82, 2.24) is 0 Å². The molecule has 0 aliphatic heterocycles. The van der Waals surface area contributed by atoms with E-state index in [0.29, 0.717) is 28.1 Å². The Kier molecular flexibility index (Phi) is 5.20. The highest BCUT2D eigenvalue weighted by molar-refractivity contribution is 9.10. The van der Waals surface area contributed by atoms with E-state index in [4.69, 9.17) is 14.7 Å². The molecular formula is C16H14BrNO3. The summed E-state index contributed by atoms with van der Waals surface area (Å²) in [6, 6.07) is 12.8. The molecule has 0 aliphatic rings. The van der Waals surface area contributed by atoms with Crippen molar-refractivity contribution in [2.24, 2.45) is 0 Å². The predicted molar refractivity (Wildman–Crippen MR) is 82.1 cm³/mol. The first-order chi connectivity index (χ1) is 10.2. The van der Waals surface area contributed by atoms with Gasteiger partial charge in [-0.25, -0.2) is 0 Å². The molecule has 0 aliphatic carbocycles. The van der Waals surface area contributed by atoms with Crippen molar-refractivity contribution >= 4 is 15.9 Å². The van der Waals surface area contributed by atoms with Gasteiger partial charge in [0.1, 0.15) is 6.61 Å². The van der Waals surface area contributed by atoms with Crippen molar-refractivity contribution in [3.63, 3.8) is 0 Å². The number of nitriles is 1. The van der Waals surface area contributed by atoms with E-state index in [-0.39, 0.29) is 6.61 Å². The van der Waals surface area contributed by atoms with Crippen molar-refractivity contribution < 1.29 is 14.6 Å². The second-order valence-corrected chi connectivity index (χ2v) is 5.22. The normalized spacial score (nSPS) is 10.0. The minimum absolute atomic E-state index is 0.0700. The van der Waals surface area contributed by atoms with Crippen LogP contribution in [0, 0.1) is 11.3 Å². The summed E-state index contributed by atoms with van der Waals surface area (Å²) < 4.78 is 11.8. The third-order valence-corrected chi connectivity index (χ3v) is 3.50. The number of methoxy groups -OCH3 is 1. The highest BCUT2D eigenvalue weighted by Crippen LogP contribution is 2.37. The third kappa shape index (κ3) is 3.75. The van der Waals surface area contributed by atoms with Gasteiger partial charge >= 0.3 is 0 Å². The third-order valence-electron chi connectivity index (χ3n) is 2.91. The summed E-state index contributed by atoms with van der Waals surface area (Å²) in [5.41, 5.74) is 2.23. The Bertz CT molecular complexity index is 680. The first kappa shape index (κ1) is 15.4. The Morgan fingerprint density at radius 1 is 1.24 bits per heavy atom. The van der Waals surface area contributed by atoms with Crippen LogP contribution in [-0.4, -0.2) is 12.2 Å². The number of benzene rings is 2. The van der Waals surface area contributed by atoms with Crippen LogP contribution in [0.25, 0.3) is 0 Å². The molecule has 108 valence electrons. The van der Waals surface area contributed by atoms with Crippen molar-refractivity contribution in [3.05, 3.63) is 57.6 Å². The molecule has 2 aromatic carbocycles. The van der Waals surface area contributed by atoms with Gasteiger partial charge in [-0.15, -0.1) is 0 Å². The number of aliphatic hydroxyl groups excluding tert-OH is 1. The molecule has 0 radical (unpaired) electrons. The number of halogens is 1. The Balaban J connectivity index is 2.21. The molecule has 1 N–H and O–H groups in total. The van der Waals surface area contributed by atoms with Crippen molar-refractivity contribution in [2.75, 3.05) is 7.11 Å². The largest absolute Gasteiger partial charge is 0.493 e. The quantitative estimate of drug-likeness (QED) is 0.900. The first-order valence-corrected chi connectivity index (χ1v) is 7.06. The molecule has 0 heterocycles. The van der Waals surface area contributed by atoms with Crippen LogP contribution in [0.3, 0.4) is 0 Å². The fourth-order valence-corrected chi connectivity index (χ4v) is 2.49. The number of hydrogen-bond donors (Lipinski definition) is 1. The zero-order chi connectivity index (χ0) is 15.2. The van der Waals surface area contributed by atoms with Gasteiger partial charge in [0.15, 0.2) is 11.5 Å². The Labute approximate surface area is 131 Å². The monoisotopic (exact) mass is 347 g/mol. The lowest BCUT2D eigenvalue weighted by Gasteiger charge is -2.14. The number of nitrogens with zero attached hydrogens (tertiary/aromatic N) is 1. The van der Waals surface area contributed by atoms with E-state index in [1.54, 1.807) is 31.4 Å². The smallest absolute Gasteiger partial charge is 0.175 e. The number of hydrogen-bond acceptors (Lipinski definition) is 4. The van der Waals surface area contributed by atoms with Crippen molar-refractivity contribution in [2.45, 2.75) is 13.2 Å². The van der Waals surface area contributed by atoms with Gasteiger partial charge in [-0.3, -0.25) is 0 Å². The van der Waals surface area contributed by atoms with Gasteiger partial charge in [-0.05, 0) is 51.3 Å². The second-order valence-electron chi connectivity index (χ2n) is 4.37. The maximum Gasteiger partial charge on any atom is 0.175 e. The van der Waals surface area contributed by atoms with Gasteiger partial charge in [0.25, 0.3) is 0 Å². The molecule has 2 aromatic rings. The zero-order valence-electron chi connectivity index (χ0n) is 11.5. The topological polar surface area (TPSA) is 62.5 Å². The zero-order valence-corrected chi connectivity index (χ0v) is 13.1. The molecule has 0 amide bonds. The summed E-state index contributed by atoms with van der Waals surface area (Å²) in [5, 5.41) is 18.1. The van der Waals surface area contributed by atoms with E-state index in [1.165, 1.54) is 0 Å². The predicted octanol–water partition coefficient (Wildman–Crippen LogP) is 3.40. The molecule has 4 nitrogen and oxygen atoms in total. The Morgan fingerprint density at radius 3 is 2.71 bits per heavy atom. The van der Waals surface area contributed by atoms with Crippen LogP contribution < -0.4 is 9.47 Å². The molecule has 0 aromatic heterocycles. The van der Waals surface area contributed by atoms with Crippen LogP contribution in [0.5, 0.6) is 11.5 Å². The summed E-state index contributed by atoms with van der Waals surface area (Å²) in [6.45, 7) is 0.252. The van der Waals surface area contributed by atoms with Crippen LogP contribution in [0.15, 0.2) is 40.9 Å². The maximum absolute atomic E-state index is 9.19. The van der Waals surface area contributed by atoms with Gasteiger partial charge in [0.2, 0.25) is 0 Å². The van der Waals surface area contributed by atoms with E-state index < -0.39 is 0 Å². The van der Waals surface area contributed by atoms with Crippen LogP contribution in [0.4, 0.5) is 0 Å². The van der Waals surface area contributed by atoms with E-state index in [9.17, 15) is 5.11 Å². The van der Waals surface area contributed by atoms with Crippen LogP contribution in [0.1, 0.15) is 16.7 Å². The molecule has 0 saturated heterocycles. The SMILES string of the molecule is COc1cc(CO)cc(Br)c1OCc1cccc(C#N)c1. The summed E-state index contributed by atoms with van der Waals surface area (Å²) in [7, 11) is 1.55. The van der Waals surface area contributed by atoms with E-state index in [1.807, 2.05) is 12.1 Å². The van der Waals surface area contributed by atoms with Gasteiger partial charge in [-0.1, -0.05) is 12.1 Å². The minimum Gasteiger partial charge on any atom is -0.493 e. The first-order valence-electron chi connectivity index (χ1n) is 6.27. The molecule has 5 heteroatoms. The van der Waals surface area contributed by atoms with E-state index in [0.717, 1.165) is 11.1 Å². The van der Waals surface area contributed by atoms with E-state index >= 15 is 0 Å². The summed E-state index contributed by atoms with van der Waals surface area (Å²) in [4.78, 5) is 0. The van der Waals surface area contributed by atoms with Crippen molar-refractivity contribution in [1.29, 1.82) is 5.26 Å². The van der Waals surface area contributed by atoms with Crippen LogP contribution in [-0.2, 0) is 13.2 Å². The lowest BCUT2D eigenvalue weighted by atomic mass is 10.1. The number of aliphatic hydroxyl groups is 1. The lowest BCUT2D eigenvalue weighted by molar-refractivity contribution is 0.273. The van der Waals surface area contributed by atoms with Gasteiger partial charge in [0.05, 0.1) is 29.8 Å². The molecular weight excluding hydrogens is 334 g/mol. The molecule has 0 bridgehead atoms. The summed E-state index contributed by atoms with van der Waals surface area (Å²) >= 11 is 3.41. The average molecular weight is 348 g/mol. The van der Waals surface area contributed by atoms with Crippen LogP contribution >= 0.6 is 15.9 Å².